The van der Waals surface area contributed by atoms with Gasteiger partial charge in [0.2, 0.25) is 11.8 Å². The zero-order valence-electron chi connectivity index (χ0n) is 21.6. The number of carbonyl (C=O) groups is 3. The zero-order valence-corrected chi connectivity index (χ0v) is 21.6. The Morgan fingerprint density at radius 2 is 1.92 bits per heavy atom. The number of allylic oxidation sites excluding steroid dienone is 1. The number of carbonyl (C=O) groups excluding carboxylic acids is 3. The SMILES string of the molecule is CNCc1cccc(NC(=O)CN2CCCCC(NC(=O)COC3=Cc4ccccc4C(C)C3)C2=O)c1. The second kappa shape index (κ2) is 12.5. The van der Waals surface area contributed by atoms with Crippen molar-refractivity contribution in [2.75, 3.05) is 32.1 Å². The summed E-state index contributed by atoms with van der Waals surface area (Å²) < 4.78 is 5.82. The van der Waals surface area contributed by atoms with Gasteiger partial charge in [0.25, 0.3) is 5.91 Å². The Morgan fingerprint density at radius 1 is 1.08 bits per heavy atom. The van der Waals surface area contributed by atoms with Crippen molar-refractivity contribution in [3.05, 3.63) is 71.0 Å². The van der Waals surface area contributed by atoms with Gasteiger partial charge in [-0.1, -0.05) is 43.3 Å². The molecule has 8 heteroatoms. The van der Waals surface area contributed by atoms with Gasteiger partial charge in [-0.15, -0.1) is 0 Å². The number of hydrogen-bond donors (Lipinski definition) is 3. The molecule has 1 aliphatic heterocycles. The second-order valence-corrected chi connectivity index (χ2v) is 9.79. The van der Waals surface area contributed by atoms with Crippen molar-refractivity contribution in [1.29, 1.82) is 0 Å². The number of likely N-dealkylation sites (tertiary alicyclic amines) is 1. The van der Waals surface area contributed by atoms with Crippen molar-refractivity contribution in [3.8, 4) is 0 Å². The Hall–Kier alpha value is -3.65. The van der Waals surface area contributed by atoms with E-state index in [4.69, 9.17) is 4.74 Å². The summed E-state index contributed by atoms with van der Waals surface area (Å²) in [7, 11) is 1.87. The van der Waals surface area contributed by atoms with Crippen LogP contribution in [0, 0.1) is 0 Å². The fourth-order valence-corrected chi connectivity index (χ4v) is 4.96. The summed E-state index contributed by atoms with van der Waals surface area (Å²) in [4.78, 5) is 40.1. The summed E-state index contributed by atoms with van der Waals surface area (Å²) in [6, 6.07) is 15.1. The molecule has 0 radical (unpaired) electrons. The van der Waals surface area contributed by atoms with Crippen LogP contribution in [-0.4, -0.2) is 55.4 Å². The highest BCUT2D eigenvalue weighted by atomic mass is 16.5. The summed E-state index contributed by atoms with van der Waals surface area (Å²) >= 11 is 0. The van der Waals surface area contributed by atoms with E-state index in [0.29, 0.717) is 31.1 Å². The first kappa shape index (κ1) is 26.4. The first-order valence-corrected chi connectivity index (χ1v) is 13.0. The molecule has 4 rings (SSSR count). The van der Waals surface area contributed by atoms with E-state index < -0.39 is 6.04 Å². The Labute approximate surface area is 218 Å². The highest BCUT2D eigenvalue weighted by Gasteiger charge is 2.29. The number of fused-ring (bicyclic) bond motifs is 1. The average molecular weight is 505 g/mol. The zero-order chi connectivity index (χ0) is 26.2. The first-order chi connectivity index (χ1) is 17.9. The predicted octanol–water partition coefficient (Wildman–Crippen LogP) is 3.41. The molecule has 196 valence electrons. The van der Waals surface area contributed by atoms with Crippen molar-refractivity contribution in [2.45, 2.75) is 51.1 Å². The maximum atomic E-state index is 13.2. The van der Waals surface area contributed by atoms with Gasteiger partial charge in [-0.2, -0.15) is 0 Å². The highest BCUT2D eigenvalue weighted by Crippen LogP contribution is 2.33. The molecule has 2 aromatic rings. The summed E-state index contributed by atoms with van der Waals surface area (Å²) in [5.41, 5.74) is 4.13. The summed E-state index contributed by atoms with van der Waals surface area (Å²) in [5, 5.41) is 8.79. The van der Waals surface area contributed by atoms with Crippen LogP contribution in [0.4, 0.5) is 5.69 Å². The largest absolute Gasteiger partial charge is 0.488 e. The summed E-state index contributed by atoms with van der Waals surface area (Å²) in [5.74, 6) is 0.255. The molecule has 3 N–H and O–H groups in total. The van der Waals surface area contributed by atoms with Crippen molar-refractivity contribution in [3.63, 3.8) is 0 Å². The van der Waals surface area contributed by atoms with E-state index in [1.54, 1.807) is 0 Å². The molecule has 1 heterocycles. The number of hydrogen-bond acceptors (Lipinski definition) is 5. The van der Waals surface area contributed by atoms with Crippen LogP contribution in [-0.2, 0) is 25.7 Å². The molecule has 0 spiro atoms. The van der Waals surface area contributed by atoms with Gasteiger partial charge in [0, 0.05) is 25.2 Å². The molecule has 0 saturated carbocycles. The number of ether oxygens (including phenoxy) is 1. The van der Waals surface area contributed by atoms with Crippen molar-refractivity contribution in [2.24, 2.45) is 0 Å². The molecule has 3 amide bonds. The molecule has 1 saturated heterocycles. The number of rotatable bonds is 9. The molecule has 0 aromatic heterocycles. The number of nitrogens with one attached hydrogen (secondary N) is 3. The lowest BCUT2D eigenvalue weighted by molar-refractivity contribution is -0.138. The molecule has 0 bridgehead atoms. The molecular weight excluding hydrogens is 468 g/mol. The minimum absolute atomic E-state index is 0.0534. The van der Waals surface area contributed by atoms with Crippen molar-refractivity contribution < 1.29 is 19.1 Å². The molecule has 1 fully saturated rings. The van der Waals surface area contributed by atoms with Crippen LogP contribution < -0.4 is 16.0 Å². The lowest BCUT2D eigenvalue weighted by Crippen LogP contribution is -2.50. The third-order valence-corrected chi connectivity index (χ3v) is 6.78. The first-order valence-electron chi connectivity index (χ1n) is 13.0. The molecule has 37 heavy (non-hydrogen) atoms. The summed E-state index contributed by atoms with van der Waals surface area (Å²) in [6.45, 7) is 3.13. The number of anilines is 1. The third-order valence-electron chi connectivity index (χ3n) is 6.78. The molecule has 2 unspecified atom stereocenters. The normalized spacial score (nSPS) is 19.4. The predicted molar refractivity (Wildman–Crippen MR) is 144 cm³/mol. The topological polar surface area (TPSA) is 99.8 Å². The fourth-order valence-electron chi connectivity index (χ4n) is 4.96. The molecule has 8 nitrogen and oxygen atoms in total. The van der Waals surface area contributed by atoms with Gasteiger partial charge in [-0.05, 0) is 67.1 Å². The highest BCUT2D eigenvalue weighted by molar-refractivity contribution is 5.96. The van der Waals surface area contributed by atoms with Gasteiger partial charge < -0.3 is 25.6 Å². The minimum atomic E-state index is -0.662. The molecule has 2 atom stereocenters. The third kappa shape index (κ3) is 7.20. The average Bonchev–Trinajstić information content (AvgIpc) is 3.04. The standard InChI is InChI=1S/C29H36N4O4/c1-20-14-24(16-22-9-3-4-11-25(20)22)37-19-28(35)32-26-12-5-6-13-33(29(26)36)18-27(34)31-23-10-7-8-21(15-23)17-30-2/h3-4,7-11,15-16,20,26,30H,5-6,12-14,17-19H2,1-2H3,(H,31,34)(H,32,35). The van der Waals surface area contributed by atoms with Crippen molar-refractivity contribution in [1.82, 2.24) is 15.5 Å². The van der Waals surface area contributed by atoms with Gasteiger partial charge in [0.15, 0.2) is 6.61 Å². The Kier molecular flexibility index (Phi) is 8.95. The summed E-state index contributed by atoms with van der Waals surface area (Å²) in [6.07, 6.45) is 4.83. The van der Waals surface area contributed by atoms with Crippen LogP contribution >= 0.6 is 0 Å². The van der Waals surface area contributed by atoms with Crippen LogP contribution in [0.25, 0.3) is 6.08 Å². The van der Waals surface area contributed by atoms with E-state index in [9.17, 15) is 14.4 Å². The Bertz CT molecular complexity index is 1160. The second-order valence-electron chi connectivity index (χ2n) is 9.79. The van der Waals surface area contributed by atoms with E-state index in [1.807, 2.05) is 55.6 Å². The molecule has 1 aliphatic carbocycles. The lowest BCUT2D eigenvalue weighted by atomic mass is 9.87. The van der Waals surface area contributed by atoms with Crippen LogP contribution in [0.3, 0.4) is 0 Å². The van der Waals surface area contributed by atoms with E-state index >= 15 is 0 Å². The Morgan fingerprint density at radius 3 is 2.76 bits per heavy atom. The van der Waals surface area contributed by atoms with Gasteiger partial charge in [-0.3, -0.25) is 14.4 Å². The molecule has 2 aromatic carbocycles. The fraction of sp³-hybridized carbons (Fsp3) is 0.414. The molecule has 2 aliphatic rings. The maximum Gasteiger partial charge on any atom is 0.258 e. The monoisotopic (exact) mass is 504 g/mol. The van der Waals surface area contributed by atoms with Crippen LogP contribution in [0.2, 0.25) is 0 Å². The van der Waals surface area contributed by atoms with E-state index in [-0.39, 0.29) is 30.9 Å². The van der Waals surface area contributed by atoms with E-state index in [0.717, 1.165) is 36.1 Å². The minimum Gasteiger partial charge on any atom is -0.488 e. The lowest BCUT2D eigenvalue weighted by Gasteiger charge is -2.25. The van der Waals surface area contributed by atoms with E-state index in [2.05, 4.69) is 28.9 Å². The van der Waals surface area contributed by atoms with Gasteiger partial charge in [-0.25, -0.2) is 0 Å². The van der Waals surface area contributed by atoms with Gasteiger partial charge in [0.05, 0.1) is 12.3 Å². The number of amides is 3. The Balaban J connectivity index is 1.29. The molecular formula is C29H36N4O4. The number of nitrogens with zero attached hydrogens (tertiary/aromatic N) is 1. The smallest absolute Gasteiger partial charge is 0.258 e. The van der Waals surface area contributed by atoms with E-state index in [1.165, 1.54) is 10.5 Å². The maximum absolute atomic E-state index is 13.2. The number of benzene rings is 2. The van der Waals surface area contributed by atoms with Gasteiger partial charge in [0.1, 0.15) is 6.04 Å². The van der Waals surface area contributed by atoms with Crippen LogP contribution in [0.15, 0.2) is 54.3 Å². The van der Waals surface area contributed by atoms with Gasteiger partial charge >= 0.3 is 0 Å². The van der Waals surface area contributed by atoms with Crippen LogP contribution in [0.5, 0.6) is 0 Å². The van der Waals surface area contributed by atoms with Crippen molar-refractivity contribution >= 4 is 29.5 Å². The van der Waals surface area contributed by atoms with Crippen LogP contribution in [0.1, 0.15) is 55.2 Å². The quantitative estimate of drug-likeness (QED) is 0.486.